The van der Waals surface area contributed by atoms with E-state index in [0.717, 1.165) is 24.7 Å². The molecule has 0 unspecified atom stereocenters. The van der Waals surface area contributed by atoms with Crippen LogP contribution in [0.25, 0.3) is 0 Å². The second kappa shape index (κ2) is 5.95. The first-order valence-electron chi connectivity index (χ1n) is 7.95. The van der Waals surface area contributed by atoms with Gasteiger partial charge in [-0.1, -0.05) is 36.9 Å². The molecule has 2 aliphatic rings. The van der Waals surface area contributed by atoms with Crippen molar-refractivity contribution >= 4 is 17.3 Å². The molecule has 1 aliphatic heterocycles. The number of rotatable bonds is 1. The Hall–Kier alpha value is -0.730. The van der Waals surface area contributed by atoms with Gasteiger partial charge < -0.3 is 10.2 Å². The van der Waals surface area contributed by atoms with Crippen LogP contribution in [0, 0.1) is 6.92 Å². The first kappa shape index (κ1) is 14.2. The molecule has 1 heterocycles. The molecule has 0 radical (unpaired) electrons. The van der Waals surface area contributed by atoms with Gasteiger partial charge in [-0.2, -0.15) is 0 Å². The molecule has 1 N–H and O–H groups in total. The van der Waals surface area contributed by atoms with Gasteiger partial charge in [-0.3, -0.25) is 0 Å². The summed E-state index contributed by atoms with van der Waals surface area (Å²) in [5.74, 6) is 0. The molecule has 2 nitrogen and oxygen atoms in total. The molecule has 110 valence electrons. The Bertz CT molecular complexity index is 466. The summed E-state index contributed by atoms with van der Waals surface area (Å²) in [6, 6.07) is 6.38. The lowest BCUT2D eigenvalue weighted by Gasteiger charge is -2.40. The molecule has 1 saturated carbocycles. The zero-order chi connectivity index (χ0) is 14.0. The smallest absolute Gasteiger partial charge is 0.0639 e. The van der Waals surface area contributed by atoms with Crippen LogP contribution in [0.1, 0.15) is 44.1 Å². The minimum Gasteiger partial charge on any atom is -0.368 e. The number of halogens is 1. The molecular formula is C17H25ClN2. The number of hydrogen-bond acceptors (Lipinski definition) is 2. The number of nitrogens with one attached hydrogen (secondary N) is 1. The summed E-state index contributed by atoms with van der Waals surface area (Å²) in [5.41, 5.74) is 2.83. The summed E-state index contributed by atoms with van der Waals surface area (Å²) >= 11 is 6.45. The second-order valence-electron chi connectivity index (χ2n) is 6.50. The van der Waals surface area contributed by atoms with Crippen LogP contribution >= 0.6 is 11.6 Å². The van der Waals surface area contributed by atoms with E-state index in [1.807, 2.05) is 6.07 Å². The summed E-state index contributed by atoms with van der Waals surface area (Å²) < 4.78 is 0. The molecule has 0 atom stereocenters. The SMILES string of the molecule is Cc1ccc(Cl)c(N2CCCNC3(CCCCC3)C2)c1. The van der Waals surface area contributed by atoms with Crippen LogP contribution in [0.3, 0.4) is 0 Å². The largest absolute Gasteiger partial charge is 0.368 e. The third-order valence-corrected chi connectivity index (χ3v) is 5.17. The Labute approximate surface area is 127 Å². The monoisotopic (exact) mass is 292 g/mol. The molecule has 1 spiro atoms. The Balaban J connectivity index is 1.86. The van der Waals surface area contributed by atoms with Gasteiger partial charge in [0.1, 0.15) is 0 Å². The zero-order valence-corrected chi connectivity index (χ0v) is 13.2. The molecular weight excluding hydrogens is 268 g/mol. The zero-order valence-electron chi connectivity index (χ0n) is 12.4. The Morgan fingerprint density at radius 1 is 1.15 bits per heavy atom. The second-order valence-corrected chi connectivity index (χ2v) is 6.90. The fraction of sp³-hybridized carbons (Fsp3) is 0.647. The van der Waals surface area contributed by atoms with Crippen LogP contribution in [0.15, 0.2) is 18.2 Å². The average Bonchev–Trinajstić information content (AvgIpc) is 2.65. The number of hydrogen-bond donors (Lipinski definition) is 1. The fourth-order valence-corrected chi connectivity index (χ4v) is 3.99. The number of anilines is 1. The summed E-state index contributed by atoms with van der Waals surface area (Å²) in [6.07, 6.45) is 7.95. The first-order chi connectivity index (χ1) is 9.69. The third kappa shape index (κ3) is 2.96. The Kier molecular flexibility index (Phi) is 4.23. The van der Waals surface area contributed by atoms with Crippen molar-refractivity contribution in [2.24, 2.45) is 0 Å². The maximum atomic E-state index is 6.45. The summed E-state index contributed by atoms with van der Waals surface area (Å²) in [6.45, 7) is 5.50. The minimum absolute atomic E-state index is 0.321. The lowest BCUT2D eigenvalue weighted by molar-refractivity contribution is 0.246. The van der Waals surface area contributed by atoms with Crippen molar-refractivity contribution in [3.63, 3.8) is 0 Å². The normalized spacial score (nSPS) is 22.8. The number of aryl methyl sites for hydroxylation is 1. The maximum Gasteiger partial charge on any atom is 0.0639 e. The lowest BCUT2D eigenvalue weighted by Crippen LogP contribution is -2.52. The highest BCUT2D eigenvalue weighted by Gasteiger charge is 2.35. The quantitative estimate of drug-likeness (QED) is 0.836. The Morgan fingerprint density at radius 2 is 1.95 bits per heavy atom. The molecule has 3 rings (SSSR count). The molecule has 2 fully saturated rings. The van der Waals surface area contributed by atoms with Gasteiger partial charge in [0.05, 0.1) is 10.7 Å². The highest BCUT2D eigenvalue weighted by atomic mass is 35.5. The molecule has 1 saturated heterocycles. The van der Waals surface area contributed by atoms with Crippen molar-refractivity contribution in [2.75, 3.05) is 24.5 Å². The minimum atomic E-state index is 0.321. The van der Waals surface area contributed by atoms with E-state index in [9.17, 15) is 0 Å². The predicted molar refractivity (Wildman–Crippen MR) is 86.8 cm³/mol. The molecule has 3 heteroatoms. The van der Waals surface area contributed by atoms with E-state index in [1.54, 1.807) is 0 Å². The van der Waals surface area contributed by atoms with Gasteiger partial charge in [0.25, 0.3) is 0 Å². The van der Waals surface area contributed by atoms with Crippen LogP contribution in [-0.2, 0) is 0 Å². The van der Waals surface area contributed by atoms with Gasteiger partial charge in [-0.25, -0.2) is 0 Å². The molecule has 20 heavy (non-hydrogen) atoms. The van der Waals surface area contributed by atoms with Crippen molar-refractivity contribution < 1.29 is 0 Å². The van der Waals surface area contributed by atoms with Crippen LogP contribution in [0.5, 0.6) is 0 Å². The van der Waals surface area contributed by atoms with E-state index >= 15 is 0 Å². The van der Waals surface area contributed by atoms with Crippen LogP contribution in [0.4, 0.5) is 5.69 Å². The highest BCUT2D eigenvalue weighted by Crippen LogP contribution is 2.34. The molecule has 0 bridgehead atoms. The molecule has 1 aliphatic carbocycles. The summed E-state index contributed by atoms with van der Waals surface area (Å²) in [5, 5.41) is 4.74. The van der Waals surface area contributed by atoms with Crippen molar-refractivity contribution in [3.05, 3.63) is 28.8 Å². The lowest BCUT2D eigenvalue weighted by atomic mass is 9.81. The van der Waals surface area contributed by atoms with Crippen molar-refractivity contribution in [3.8, 4) is 0 Å². The summed E-state index contributed by atoms with van der Waals surface area (Å²) in [7, 11) is 0. The van der Waals surface area contributed by atoms with E-state index in [4.69, 9.17) is 11.6 Å². The van der Waals surface area contributed by atoms with Crippen molar-refractivity contribution in [1.82, 2.24) is 5.32 Å². The topological polar surface area (TPSA) is 15.3 Å². The van der Waals surface area contributed by atoms with E-state index in [2.05, 4.69) is 29.3 Å². The number of nitrogens with zero attached hydrogens (tertiary/aromatic N) is 1. The molecule has 0 aromatic heterocycles. The summed E-state index contributed by atoms with van der Waals surface area (Å²) in [4.78, 5) is 2.51. The van der Waals surface area contributed by atoms with E-state index in [-0.39, 0.29) is 0 Å². The standard InChI is InChI=1S/C17H25ClN2/c1-14-6-7-15(18)16(12-14)20-11-5-10-19-17(13-20)8-3-2-4-9-17/h6-7,12,19H,2-5,8-11,13H2,1H3. The maximum absolute atomic E-state index is 6.45. The first-order valence-corrected chi connectivity index (χ1v) is 8.33. The van der Waals surface area contributed by atoms with Gasteiger partial charge in [-0.05, 0) is 50.4 Å². The van der Waals surface area contributed by atoms with Gasteiger partial charge in [0.15, 0.2) is 0 Å². The van der Waals surface area contributed by atoms with Gasteiger partial charge in [-0.15, -0.1) is 0 Å². The van der Waals surface area contributed by atoms with E-state index in [1.165, 1.54) is 49.8 Å². The number of benzene rings is 1. The van der Waals surface area contributed by atoms with Crippen LogP contribution in [-0.4, -0.2) is 25.2 Å². The molecule has 1 aromatic rings. The van der Waals surface area contributed by atoms with Crippen LogP contribution in [0.2, 0.25) is 5.02 Å². The van der Waals surface area contributed by atoms with Gasteiger partial charge in [0.2, 0.25) is 0 Å². The van der Waals surface area contributed by atoms with Crippen molar-refractivity contribution in [1.29, 1.82) is 0 Å². The van der Waals surface area contributed by atoms with Crippen molar-refractivity contribution in [2.45, 2.75) is 51.0 Å². The van der Waals surface area contributed by atoms with E-state index < -0.39 is 0 Å². The fourth-order valence-electron chi connectivity index (χ4n) is 3.76. The van der Waals surface area contributed by atoms with Crippen LogP contribution < -0.4 is 10.2 Å². The van der Waals surface area contributed by atoms with Gasteiger partial charge >= 0.3 is 0 Å². The highest BCUT2D eigenvalue weighted by molar-refractivity contribution is 6.33. The Morgan fingerprint density at radius 3 is 2.75 bits per heavy atom. The molecule has 0 amide bonds. The van der Waals surface area contributed by atoms with E-state index in [0.29, 0.717) is 5.54 Å². The molecule has 1 aromatic carbocycles. The average molecular weight is 293 g/mol. The third-order valence-electron chi connectivity index (χ3n) is 4.85. The predicted octanol–water partition coefficient (Wildman–Crippen LogP) is 4.15. The van der Waals surface area contributed by atoms with Gasteiger partial charge in [0, 0.05) is 18.6 Å².